The zero-order chi connectivity index (χ0) is 13.1. The first-order valence-electron chi connectivity index (χ1n) is 6.47. The Hall–Kier alpha value is -0.0800. The van der Waals surface area contributed by atoms with E-state index in [4.69, 9.17) is 5.73 Å². The molecule has 0 saturated heterocycles. The molecule has 0 aliphatic carbocycles. The lowest BCUT2D eigenvalue weighted by Crippen LogP contribution is -2.50. The summed E-state index contributed by atoms with van der Waals surface area (Å²) in [7, 11) is 0. The van der Waals surface area contributed by atoms with E-state index >= 15 is 0 Å². The summed E-state index contributed by atoms with van der Waals surface area (Å²) in [5.74, 6) is 0.529. The highest BCUT2D eigenvalue weighted by Crippen LogP contribution is 2.25. The minimum atomic E-state index is 0.147. The SMILES string of the molecule is CC(C)C(N)C(C)(C)CNC(C)C(C)(C)C. The van der Waals surface area contributed by atoms with E-state index in [0.717, 1.165) is 6.54 Å². The second kappa shape index (κ2) is 5.50. The van der Waals surface area contributed by atoms with E-state index in [1.807, 2.05) is 0 Å². The van der Waals surface area contributed by atoms with Crippen LogP contribution in [0.3, 0.4) is 0 Å². The van der Waals surface area contributed by atoms with Gasteiger partial charge in [0.1, 0.15) is 0 Å². The standard InChI is InChI=1S/C14H32N2/c1-10(2)12(15)14(7,8)9-16-11(3)13(4,5)6/h10-12,16H,9,15H2,1-8H3. The minimum absolute atomic E-state index is 0.147. The topological polar surface area (TPSA) is 38.0 Å². The molecule has 0 aromatic rings. The van der Waals surface area contributed by atoms with Crippen LogP contribution in [0.15, 0.2) is 0 Å². The highest BCUT2D eigenvalue weighted by Gasteiger charge is 2.30. The Morgan fingerprint density at radius 2 is 1.44 bits per heavy atom. The molecule has 0 heterocycles. The third-order valence-corrected chi connectivity index (χ3v) is 3.78. The molecular formula is C14H32N2. The summed E-state index contributed by atoms with van der Waals surface area (Å²) in [6.07, 6.45) is 0. The Labute approximate surface area is 102 Å². The Balaban J connectivity index is 4.29. The van der Waals surface area contributed by atoms with Crippen molar-refractivity contribution >= 4 is 0 Å². The van der Waals surface area contributed by atoms with Crippen LogP contribution >= 0.6 is 0 Å². The molecule has 0 saturated carbocycles. The van der Waals surface area contributed by atoms with Gasteiger partial charge in [-0.05, 0) is 23.7 Å². The zero-order valence-electron chi connectivity index (χ0n) is 12.5. The minimum Gasteiger partial charge on any atom is -0.327 e. The van der Waals surface area contributed by atoms with Gasteiger partial charge in [-0.2, -0.15) is 0 Å². The molecule has 98 valence electrons. The van der Waals surface area contributed by atoms with Crippen LogP contribution in [-0.4, -0.2) is 18.6 Å². The molecule has 3 N–H and O–H groups in total. The molecule has 0 aliphatic heterocycles. The van der Waals surface area contributed by atoms with E-state index in [9.17, 15) is 0 Å². The van der Waals surface area contributed by atoms with E-state index in [1.54, 1.807) is 0 Å². The molecule has 0 radical (unpaired) electrons. The molecule has 2 atom stereocenters. The fraction of sp³-hybridized carbons (Fsp3) is 1.00. The smallest absolute Gasteiger partial charge is 0.0126 e. The summed E-state index contributed by atoms with van der Waals surface area (Å²) in [6, 6.07) is 0.748. The Morgan fingerprint density at radius 1 is 1.00 bits per heavy atom. The van der Waals surface area contributed by atoms with Crippen molar-refractivity contribution in [2.24, 2.45) is 22.5 Å². The summed E-state index contributed by atoms with van der Waals surface area (Å²) >= 11 is 0. The van der Waals surface area contributed by atoms with Crippen molar-refractivity contribution in [2.45, 2.75) is 67.5 Å². The quantitative estimate of drug-likeness (QED) is 0.759. The van der Waals surface area contributed by atoms with E-state index in [-0.39, 0.29) is 11.5 Å². The molecule has 0 rings (SSSR count). The summed E-state index contributed by atoms with van der Waals surface area (Å²) < 4.78 is 0. The molecule has 0 spiro atoms. The van der Waals surface area contributed by atoms with Gasteiger partial charge in [0.05, 0.1) is 0 Å². The molecule has 0 aromatic carbocycles. The van der Waals surface area contributed by atoms with Crippen molar-refractivity contribution in [1.29, 1.82) is 0 Å². The Bertz CT molecular complexity index is 201. The monoisotopic (exact) mass is 228 g/mol. The van der Waals surface area contributed by atoms with Crippen molar-refractivity contribution in [2.75, 3.05) is 6.54 Å². The summed E-state index contributed by atoms with van der Waals surface area (Å²) in [4.78, 5) is 0. The first-order chi connectivity index (χ1) is 6.98. The molecule has 16 heavy (non-hydrogen) atoms. The lowest BCUT2D eigenvalue weighted by Gasteiger charge is -2.37. The van der Waals surface area contributed by atoms with Crippen LogP contribution in [0.1, 0.15) is 55.4 Å². The van der Waals surface area contributed by atoms with Crippen LogP contribution in [0.5, 0.6) is 0 Å². The third kappa shape index (κ3) is 4.84. The summed E-state index contributed by atoms with van der Waals surface area (Å²) in [5.41, 5.74) is 6.70. The van der Waals surface area contributed by atoms with Gasteiger partial charge in [-0.25, -0.2) is 0 Å². The van der Waals surface area contributed by atoms with E-state index < -0.39 is 0 Å². The average Bonchev–Trinajstić information content (AvgIpc) is 2.11. The normalized spacial score (nSPS) is 17.6. The van der Waals surface area contributed by atoms with Gasteiger partial charge >= 0.3 is 0 Å². The number of rotatable bonds is 5. The van der Waals surface area contributed by atoms with Gasteiger partial charge in [-0.15, -0.1) is 0 Å². The highest BCUT2D eigenvalue weighted by molar-refractivity contribution is 4.87. The van der Waals surface area contributed by atoms with Crippen LogP contribution in [0.2, 0.25) is 0 Å². The third-order valence-electron chi connectivity index (χ3n) is 3.78. The van der Waals surface area contributed by atoms with Crippen LogP contribution in [0, 0.1) is 16.7 Å². The fourth-order valence-corrected chi connectivity index (χ4v) is 1.74. The van der Waals surface area contributed by atoms with Gasteiger partial charge in [0.2, 0.25) is 0 Å². The maximum Gasteiger partial charge on any atom is 0.0126 e. The van der Waals surface area contributed by atoms with Gasteiger partial charge in [-0.3, -0.25) is 0 Å². The molecule has 2 unspecified atom stereocenters. The molecule has 2 nitrogen and oxygen atoms in total. The molecule has 0 bridgehead atoms. The number of hydrogen-bond acceptors (Lipinski definition) is 2. The molecule has 0 fully saturated rings. The molecule has 2 heteroatoms. The Kier molecular flexibility index (Phi) is 5.48. The van der Waals surface area contributed by atoms with Crippen LogP contribution in [0.25, 0.3) is 0 Å². The molecule has 0 amide bonds. The first kappa shape index (κ1) is 15.9. The highest BCUT2D eigenvalue weighted by atomic mass is 14.9. The molecular weight excluding hydrogens is 196 g/mol. The first-order valence-corrected chi connectivity index (χ1v) is 6.47. The van der Waals surface area contributed by atoms with Crippen LogP contribution < -0.4 is 11.1 Å². The number of nitrogens with two attached hydrogens (primary N) is 1. The number of nitrogens with one attached hydrogen (secondary N) is 1. The second-order valence-corrected chi connectivity index (χ2v) is 7.23. The van der Waals surface area contributed by atoms with Gasteiger partial charge in [-0.1, -0.05) is 48.5 Å². The largest absolute Gasteiger partial charge is 0.327 e. The lowest BCUT2D eigenvalue weighted by atomic mass is 9.78. The predicted molar refractivity (Wildman–Crippen MR) is 73.5 cm³/mol. The van der Waals surface area contributed by atoms with Gasteiger partial charge in [0, 0.05) is 18.6 Å². The predicted octanol–water partition coefficient (Wildman–Crippen LogP) is 3.02. The van der Waals surface area contributed by atoms with Gasteiger partial charge in [0.15, 0.2) is 0 Å². The summed E-state index contributed by atoms with van der Waals surface area (Å²) in [5, 5.41) is 3.62. The van der Waals surface area contributed by atoms with E-state index in [1.165, 1.54) is 0 Å². The van der Waals surface area contributed by atoms with Crippen LogP contribution in [0.4, 0.5) is 0 Å². The van der Waals surface area contributed by atoms with E-state index in [0.29, 0.717) is 17.4 Å². The maximum atomic E-state index is 6.25. The van der Waals surface area contributed by atoms with Crippen molar-refractivity contribution in [3.05, 3.63) is 0 Å². The van der Waals surface area contributed by atoms with Crippen LogP contribution in [-0.2, 0) is 0 Å². The average molecular weight is 228 g/mol. The maximum absolute atomic E-state index is 6.25. The van der Waals surface area contributed by atoms with Crippen molar-refractivity contribution in [3.8, 4) is 0 Å². The van der Waals surface area contributed by atoms with E-state index in [2.05, 4.69) is 60.7 Å². The van der Waals surface area contributed by atoms with Crippen molar-refractivity contribution < 1.29 is 0 Å². The van der Waals surface area contributed by atoms with Gasteiger partial charge in [0.25, 0.3) is 0 Å². The molecule has 0 aliphatic rings. The second-order valence-electron chi connectivity index (χ2n) is 7.23. The summed E-state index contributed by atoms with van der Waals surface area (Å²) in [6.45, 7) is 18.9. The van der Waals surface area contributed by atoms with Crippen molar-refractivity contribution in [3.63, 3.8) is 0 Å². The fourth-order valence-electron chi connectivity index (χ4n) is 1.74. The Morgan fingerprint density at radius 3 is 1.75 bits per heavy atom. The zero-order valence-corrected chi connectivity index (χ0v) is 12.5. The lowest BCUT2D eigenvalue weighted by molar-refractivity contribution is 0.192. The molecule has 0 aromatic heterocycles. The number of hydrogen-bond donors (Lipinski definition) is 2. The van der Waals surface area contributed by atoms with Crippen molar-refractivity contribution in [1.82, 2.24) is 5.32 Å². The van der Waals surface area contributed by atoms with Gasteiger partial charge < -0.3 is 11.1 Å².